The standard InChI is InChI=1S/C26H30N2O5/c29-24(30)13-14-27-25(31)18-8-2-1-7-17(18)15-28-26(32)33-16-23-21-11-5-3-9-19(21)20-10-4-6-12-22(20)23/h3-6,9-12,17-18,23H,1-2,7-8,13-16H2,(H,27,31)(H,28,32)(H,29,30)/t17-,18-/m0/s1. The molecule has 7 nitrogen and oxygen atoms in total. The number of hydrogen-bond donors (Lipinski definition) is 3. The number of fused-ring (bicyclic) bond motifs is 3. The summed E-state index contributed by atoms with van der Waals surface area (Å²) in [6.07, 6.45) is 2.99. The fraction of sp³-hybridized carbons (Fsp3) is 0.423. The van der Waals surface area contributed by atoms with Gasteiger partial charge in [-0.25, -0.2) is 4.79 Å². The molecule has 2 amide bonds. The highest BCUT2D eigenvalue weighted by atomic mass is 16.5. The molecule has 0 radical (unpaired) electrons. The Morgan fingerprint density at radius 2 is 1.55 bits per heavy atom. The van der Waals surface area contributed by atoms with Crippen LogP contribution in [0.1, 0.15) is 49.1 Å². The van der Waals surface area contributed by atoms with Crippen LogP contribution in [0.25, 0.3) is 11.1 Å². The van der Waals surface area contributed by atoms with E-state index in [2.05, 4.69) is 34.9 Å². The first kappa shape index (κ1) is 22.8. The van der Waals surface area contributed by atoms with Gasteiger partial charge in [0, 0.05) is 24.9 Å². The molecule has 0 saturated heterocycles. The Balaban J connectivity index is 1.30. The van der Waals surface area contributed by atoms with Gasteiger partial charge in [0.1, 0.15) is 6.61 Å². The molecule has 4 rings (SSSR count). The van der Waals surface area contributed by atoms with Crippen LogP contribution in [0.15, 0.2) is 48.5 Å². The number of amides is 2. The molecule has 7 heteroatoms. The van der Waals surface area contributed by atoms with Gasteiger partial charge in [0.05, 0.1) is 6.42 Å². The Bertz CT molecular complexity index is 976. The number of carbonyl (C=O) groups excluding carboxylic acids is 2. The average Bonchev–Trinajstić information content (AvgIpc) is 3.15. The fourth-order valence-corrected chi connectivity index (χ4v) is 5.08. The van der Waals surface area contributed by atoms with Crippen molar-refractivity contribution in [3.8, 4) is 11.1 Å². The Labute approximate surface area is 193 Å². The molecule has 2 aliphatic rings. The Kier molecular flexibility index (Phi) is 7.27. The molecule has 0 spiro atoms. The van der Waals surface area contributed by atoms with Crippen molar-refractivity contribution < 1.29 is 24.2 Å². The zero-order valence-corrected chi connectivity index (χ0v) is 18.6. The molecule has 2 aromatic rings. The van der Waals surface area contributed by atoms with Gasteiger partial charge in [0.15, 0.2) is 0 Å². The summed E-state index contributed by atoms with van der Waals surface area (Å²) in [5.41, 5.74) is 4.69. The van der Waals surface area contributed by atoms with Crippen molar-refractivity contribution in [3.05, 3.63) is 59.7 Å². The molecule has 174 valence electrons. The van der Waals surface area contributed by atoms with Crippen molar-refractivity contribution in [1.29, 1.82) is 0 Å². The minimum absolute atomic E-state index is 0.00518. The van der Waals surface area contributed by atoms with E-state index >= 15 is 0 Å². The van der Waals surface area contributed by atoms with E-state index in [-0.39, 0.29) is 43.2 Å². The third-order valence-corrected chi connectivity index (χ3v) is 6.74. The molecule has 0 heterocycles. The van der Waals surface area contributed by atoms with E-state index in [1.165, 1.54) is 11.1 Å². The number of nitrogens with one attached hydrogen (secondary N) is 2. The summed E-state index contributed by atoms with van der Waals surface area (Å²) in [6.45, 7) is 0.745. The first-order valence-electron chi connectivity index (χ1n) is 11.6. The molecule has 2 aliphatic carbocycles. The Morgan fingerprint density at radius 3 is 2.21 bits per heavy atom. The smallest absolute Gasteiger partial charge is 0.407 e. The van der Waals surface area contributed by atoms with Crippen LogP contribution in [0, 0.1) is 11.8 Å². The summed E-state index contributed by atoms with van der Waals surface area (Å²) in [7, 11) is 0. The zero-order valence-electron chi connectivity index (χ0n) is 18.6. The third-order valence-electron chi connectivity index (χ3n) is 6.74. The van der Waals surface area contributed by atoms with Gasteiger partial charge in [-0.05, 0) is 41.0 Å². The Morgan fingerprint density at radius 1 is 0.909 bits per heavy atom. The first-order valence-corrected chi connectivity index (χ1v) is 11.6. The average molecular weight is 451 g/mol. The quantitative estimate of drug-likeness (QED) is 0.565. The number of ether oxygens (including phenoxy) is 1. The van der Waals surface area contributed by atoms with Gasteiger partial charge in [0.25, 0.3) is 0 Å². The summed E-state index contributed by atoms with van der Waals surface area (Å²) in [5, 5.41) is 14.3. The van der Waals surface area contributed by atoms with Crippen molar-refractivity contribution in [2.24, 2.45) is 11.8 Å². The van der Waals surface area contributed by atoms with Gasteiger partial charge < -0.3 is 20.5 Å². The fourth-order valence-electron chi connectivity index (χ4n) is 5.08. The van der Waals surface area contributed by atoms with E-state index in [1.54, 1.807) is 0 Å². The van der Waals surface area contributed by atoms with Crippen molar-refractivity contribution in [3.63, 3.8) is 0 Å². The monoisotopic (exact) mass is 450 g/mol. The van der Waals surface area contributed by atoms with Gasteiger partial charge in [-0.3, -0.25) is 9.59 Å². The molecule has 2 aromatic carbocycles. The normalized spacial score (nSPS) is 19.3. The van der Waals surface area contributed by atoms with Crippen LogP contribution in [-0.4, -0.2) is 42.8 Å². The molecule has 33 heavy (non-hydrogen) atoms. The van der Waals surface area contributed by atoms with Crippen LogP contribution < -0.4 is 10.6 Å². The highest BCUT2D eigenvalue weighted by Gasteiger charge is 2.32. The van der Waals surface area contributed by atoms with Gasteiger partial charge in [-0.2, -0.15) is 0 Å². The molecule has 0 aromatic heterocycles. The van der Waals surface area contributed by atoms with Gasteiger partial charge in [-0.1, -0.05) is 61.4 Å². The lowest BCUT2D eigenvalue weighted by Gasteiger charge is -2.30. The molecule has 0 aliphatic heterocycles. The van der Waals surface area contributed by atoms with Crippen molar-refractivity contribution in [1.82, 2.24) is 10.6 Å². The molecule has 0 unspecified atom stereocenters. The van der Waals surface area contributed by atoms with Crippen LogP contribution >= 0.6 is 0 Å². The minimum atomic E-state index is -0.938. The van der Waals surface area contributed by atoms with E-state index in [4.69, 9.17) is 9.84 Å². The van der Waals surface area contributed by atoms with Gasteiger partial charge in [0.2, 0.25) is 5.91 Å². The second-order valence-electron chi connectivity index (χ2n) is 8.79. The molecule has 0 bridgehead atoms. The molecule has 1 saturated carbocycles. The zero-order chi connectivity index (χ0) is 23.2. The highest BCUT2D eigenvalue weighted by molar-refractivity contribution is 5.80. The van der Waals surface area contributed by atoms with E-state index in [0.29, 0.717) is 6.54 Å². The van der Waals surface area contributed by atoms with Crippen LogP contribution in [0.4, 0.5) is 4.79 Å². The SMILES string of the molecule is O=C(O)CCNC(=O)[C@H]1CCCC[C@H]1CNC(=O)OCC1c2ccccc2-c2ccccc21. The summed E-state index contributed by atoms with van der Waals surface area (Å²) >= 11 is 0. The number of alkyl carbamates (subject to hydrolysis) is 1. The summed E-state index contributed by atoms with van der Waals surface area (Å²) in [6, 6.07) is 16.4. The maximum atomic E-state index is 12.5. The lowest BCUT2D eigenvalue weighted by atomic mass is 9.78. The van der Waals surface area contributed by atoms with Gasteiger partial charge >= 0.3 is 12.1 Å². The predicted molar refractivity (Wildman–Crippen MR) is 124 cm³/mol. The summed E-state index contributed by atoms with van der Waals surface area (Å²) < 4.78 is 5.60. The van der Waals surface area contributed by atoms with Crippen LogP contribution in [0.5, 0.6) is 0 Å². The Hall–Kier alpha value is -3.35. The second-order valence-corrected chi connectivity index (χ2v) is 8.79. The topological polar surface area (TPSA) is 105 Å². The first-order chi connectivity index (χ1) is 16.0. The second kappa shape index (κ2) is 10.5. The van der Waals surface area contributed by atoms with E-state index in [1.807, 2.05) is 24.3 Å². The molecular weight excluding hydrogens is 420 g/mol. The third kappa shape index (κ3) is 5.35. The maximum absolute atomic E-state index is 12.5. The number of aliphatic carboxylic acids is 1. The number of rotatable bonds is 8. The maximum Gasteiger partial charge on any atom is 0.407 e. The largest absolute Gasteiger partial charge is 0.481 e. The molecule has 1 fully saturated rings. The number of carboxylic acid groups (broad SMARTS) is 1. The van der Waals surface area contributed by atoms with Crippen molar-refractivity contribution >= 4 is 18.0 Å². The molecule has 3 N–H and O–H groups in total. The lowest BCUT2D eigenvalue weighted by molar-refractivity contribution is -0.137. The summed E-state index contributed by atoms with van der Waals surface area (Å²) in [4.78, 5) is 35.7. The van der Waals surface area contributed by atoms with Crippen LogP contribution in [0.2, 0.25) is 0 Å². The van der Waals surface area contributed by atoms with E-state index in [9.17, 15) is 14.4 Å². The number of carboxylic acids is 1. The number of carbonyl (C=O) groups is 3. The van der Waals surface area contributed by atoms with Crippen LogP contribution in [-0.2, 0) is 14.3 Å². The van der Waals surface area contributed by atoms with E-state index < -0.39 is 12.1 Å². The summed E-state index contributed by atoms with van der Waals surface area (Å²) in [5.74, 6) is -1.27. The molecule has 2 atom stereocenters. The number of hydrogen-bond acceptors (Lipinski definition) is 4. The highest BCUT2D eigenvalue weighted by Crippen LogP contribution is 2.44. The predicted octanol–water partition coefficient (Wildman–Crippen LogP) is 3.92. The molecular formula is C26H30N2O5. The van der Waals surface area contributed by atoms with Crippen molar-refractivity contribution in [2.45, 2.75) is 38.0 Å². The van der Waals surface area contributed by atoms with Crippen LogP contribution in [0.3, 0.4) is 0 Å². The van der Waals surface area contributed by atoms with Crippen molar-refractivity contribution in [2.75, 3.05) is 19.7 Å². The lowest BCUT2D eigenvalue weighted by Crippen LogP contribution is -2.42. The minimum Gasteiger partial charge on any atom is -0.481 e. The van der Waals surface area contributed by atoms with E-state index in [0.717, 1.165) is 36.8 Å². The van der Waals surface area contributed by atoms with Gasteiger partial charge in [-0.15, -0.1) is 0 Å². The number of benzene rings is 2.